The Morgan fingerprint density at radius 2 is 1.68 bits per heavy atom. The number of hydrogen-bond donors (Lipinski definition) is 0. The van der Waals surface area contributed by atoms with Crippen LogP contribution in [0.1, 0.15) is 35.2 Å². The van der Waals surface area contributed by atoms with Crippen molar-refractivity contribution in [3.63, 3.8) is 0 Å². The summed E-state index contributed by atoms with van der Waals surface area (Å²) in [6.07, 6.45) is 0.524. The Morgan fingerprint density at radius 3 is 2.26 bits per heavy atom. The highest BCUT2D eigenvalue weighted by Crippen LogP contribution is 2.21. The van der Waals surface area contributed by atoms with Gasteiger partial charge in [-0.2, -0.15) is 0 Å². The highest BCUT2D eigenvalue weighted by atomic mass is 16.5. The predicted molar refractivity (Wildman–Crippen MR) is 76.8 cm³/mol. The van der Waals surface area contributed by atoms with Gasteiger partial charge in [-0.25, -0.2) is 0 Å². The topological polar surface area (TPSA) is 26.3 Å². The highest BCUT2D eigenvalue weighted by molar-refractivity contribution is 5.96. The van der Waals surface area contributed by atoms with Crippen LogP contribution in [0.3, 0.4) is 0 Å². The maximum absolute atomic E-state index is 12.2. The molecule has 2 aromatic rings. The maximum Gasteiger partial charge on any atom is 0.163 e. The van der Waals surface area contributed by atoms with Gasteiger partial charge in [-0.05, 0) is 35.7 Å². The summed E-state index contributed by atoms with van der Waals surface area (Å²) in [4.78, 5) is 12.2. The third-order valence-corrected chi connectivity index (χ3v) is 3.27. The molecule has 2 heteroatoms. The minimum atomic E-state index is 0.166. The lowest BCUT2D eigenvalue weighted by Crippen LogP contribution is -2.05. The van der Waals surface area contributed by atoms with Crippen molar-refractivity contribution < 1.29 is 9.53 Å². The molecule has 0 aromatic heterocycles. The summed E-state index contributed by atoms with van der Waals surface area (Å²) in [5.74, 6) is 1.17. The fourth-order valence-corrected chi connectivity index (χ4v) is 2.07. The van der Waals surface area contributed by atoms with E-state index in [4.69, 9.17) is 4.74 Å². The number of Topliss-reactive ketones (excluding diaryl/α,β-unsaturated/α-hetero) is 1. The first-order valence-corrected chi connectivity index (χ1v) is 6.43. The number of methoxy groups -OCH3 is 1. The third-order valence-electron chi connectivity index (χ3n) is 3.27. The molecule has 1 unspecified atom stereocenters. The Morgan fingerprint density at radius 1 is 1.05 bits per heavy atom. The molecule has 2 aromatic carbocycles. The standard InChI is InChI=1S/C17H18O2/c1-13(14-6-4-3-5-7-14)12-17(18)15-8-10-16(19-2)11-9-15/h3-11,13H,12H2,1-2H3. The number of rotatable bonds is 5. The molecule has 0 heterocycles. The molecule has 0 fully saturated rings. The van der Waals surface area contributed by atoms with Crippen molar-refractivity contribution in [1.82, 2.24) is 0 Å². The molecule has 0 saturated carbocycles. The molecule has 0 aliphatic rings. The zero-order valence-corrected chi connectivity index (χ0v) is 11.3. The highest BCUT2D eigenvalue weighted by Gasteiger charge is 2.12. The van der Waals surface area contributed by atoms with Crippen LogP contribution in [0.5, 0.6) is 5.75 Å². The maximum atomic E-state index is 12.2. The molecular weight excluding hydrogens is 236 g/mol. The van der Waals surface area contributed by atoms with E-state index in [1.54, 1.807) is 7.11 Å². The predicted octanol–water partition coefficient (Wildman–Crippen LogP) is 4.07. The molecule has 19 heavy (non-hydrogen) atoms. The van der Waals surface area contributed by atoms with Gasteiger partial charge in [0, 0.05) is 12.0 Å². The minimum absolute atomic E-state index is 0.166. The number of ether oxygens (including phenoxy) is 1. The molecule has 0 amide bonds. The van der Waals surface area contributed by atoms with Gasteiger partial charge in [0.2, 0.25) is 0 Å². The SMILES string of the molecule is COc1ccc(C(=O)CC(C)c2ccccc2)cc1. The summed E-state index contributed by atoms with van der Waals surface area (Å²) in [6, 6.07) is 17.4. The van der Waals surface area contributed by atoms with Crippen LogP contribution in [0.25, 0.3) is 0 Å². The van der Waals surface area contributed by atoms with Crippen molar-refractivity contribution in [3.8, 4) is 5.75 Å². The third kappa shape index (κ3) is 3.44. The molecule has 0 saturated heterocycles. The van der Waals surface area contributed by atoms with Crippen molar-refractivity contribution in [2.24, 2.45) is 0 Å². The van der Waals surface area contributed by atoms with Gasteiger partial charge in [-0.3, -0.25) is 4.79 Å². The van der Waals surface area contributed by atoms with E-state index >= 15 is 0 Å². The van der Waals surface area contributed by atoms with E-state index in [1.807, 2.05) is 42.5 Å². The monoisotopic (exact) mass is 254 g/mol. The molecular formula is C17H18O2. The van der Waals surface area contributed by atoms with E-state index < -0.39 is 0 Å². The first kappa shape index (κ1) is 13.3. The van der Waals surface area contributed by atoms with Crippen molar-refractivity contribution in [1.29, 1.82) is 0 Å². The molecule has 0 spiro atoms. The van der Waals surface area contributed by atoms with Gasteiger partial charge in [0.25, 0.3) is 0 Å². The number of benzene rings is 2. The van der Waals surface area contributed by atoms with E-state index in [-0.39, 0.29) is 11.7 Å². The molecule has 1 atom stereocenters. The summed E-state index contributed by atoms with van der Waals surface area (Å²) >= 11 is 0. The summed E-state index contributed by atoms with van der Waals surface area (Å²) < 4.78 is 5.09. The molecule has 0 radical (unpaired) electrons. The molecule has 0 bridgehead atoms. The van der Waals surface area contributed by atoms with E-state index in [0.29, 0.717) is 6.42 Å². The quantitative estimate of drug-likeness (QED) is 0.752. The van der Waals surface area contributed by atoms with Crippen molar-refractivity contribution in [3.05, 3.63) is 65.7 Å². The average Bonchev–Trinajstić information content (AvgIpc) is 2.48. The number of hydrogen-bond acceptors (Lipinski definition) is 2. The normalized spacial score (nSPS) is 11.9. The summed E-state index contributed by atoms with van der Waals surface area (Å²) in [5.41, 5.74) is 1.94. The molecule has 98 valence electrons. The van der Waals surface area contributed by atoms with Gasteiger partial charge in [-0.1, -0.05) is 37.3 Å². The smallest absolute Gasteiger partial charge is 0.163 e. The second kappa shape index (κ2) is 6.19. The van der Waals surface area contributed by atoms with Crippen molar-refractivity contribution in [2.45, 2.75) is 19.3 Å². The Labute approximate surface area is 114 Å². The Bertz CT molecular complexity index is 529. The lowest BCUT2D eigenvalue weighted by molar-refractivity contribution is 0.0975. The molecule has 2 nitrogen and oxygen atoms in total. The molecule has 0 aliphatic heterocycles. The molecule has 0 aliphatic carbocycles. The van der Waals surface area contributed by atoms with E-state index in [2.05, 4.69) is 19.1 Å². The van der Waals surface area contributed by atoms with Gasteiger partial charge >= 0.3 is 0 Å². The first-order chi connectivity index (χ1) is 9.20. The van der Waals surface area contributed by atoms with Crippen LogP contribution >= 0.6 is 0 Å². The Hall–Kier alpha value is -2.09. The number of ketones is 1. The van der Waals surface area contributed by atoms with Crippen LogP contribution in [0.4, 0.5) is 0 Å². The zero-order chi connectivity index (χ0) is 13.7. The van der Waals surface area contributed by atoms with Crippen LogP contribution in [-0.2, 0) is 0 Å². The van der Waals surface area contributed by atoms with Gasteiger partial charge in [-0.15, -0.1) is 0 Å². The zero-order valence-electron chi connectivity index (χ0n) is 11.3. The second-order valence-corrected chi connectivity index (χ2v) is 4.67. The van der Waals surface area contributed by atoms with E-state index in [0.717, 1.165) is 11.3 Å². The summed E-state index contributed by atoms with van der Waals surface area (Å²) in [6.45, 7) is 2.08. The van der Waals surface area contributed by atoms with Gasteiger partial charge in [0.15, 0.2) is 5.78 Å². The number of carbonyl (C=O) groups excluding carboxylic acids is 1. The van der Waals surface area contributed by atoms with Gasteiger partial charge < -0.3 is 4.74 Å². The number of carbonyl (C=O) groups is 1. The van der Waals surface area contributed by atoms with Crippen molar-refractivity contribution in [2.75, 3.05) is 7.11 Å². The Kier molecular flexibility index (Phi) is 4.35. The van der Waals surface area contributed by atoms with Crippen LogP contribution in [-0.4, -0.2) is 12.9 Å². The van der Waals surface area contributed by atoms with E-state index in [1.165, 1.54) is 5.56 Å². The Balaban J connectivity index is 2.04. The van der Waals surface area contributed by atoms with Crippen molar-refractivity contribution >= 4 is 5.78 Å². The largest absolute Gasteiger partial charge is 0.497 e. The lowest BCUT2D eigenvalue weighted by atomic mass is 9.93. The minimum Gasteiger partial charge on any atom is -0.497 e. The first-order valence-electron chi connectivity index (χ1n) is 6.43. The van der Waals surface area contributed by atoms with E-state index in [9.17, 15) is 4.79 Å². The molecule has 0 N–H and O–H groups in total. The van der Waals surface area contributed by atoms with Crippen LogP contribution in [0.15, 0.2) is 54.6 Å². The fraction of sp³-hybridized carbons (Fsp3) is 0.235. The van der Waals surface area contributed by atoms with Crippen LogP contribution in [0, 0.1) is 0 Å². The summed E-state index contributed by atoms with van der Waals surface area (Å²) in [5, 5.41) is 0. The molecule has 2 rings (SSSR count). The van der Waals surface area contributed by atoms with Crippen LogP contribution < -0.4 is 4.74 Å². The van der Waals surface area contributed by atoms with Crippen LogP contribution in [0.2, 0.25) is 0 Å². The second-order valence-electron chi connectivity index (χ2n) is 4.67. The average molecular weight is 254 g/mol. The fourth-order valence-electron chi connectivity index (χ4n) is 2.07. The summed E-state index contributed by atoms with van der Waals surface area (Å²) in [7, 11) is 1.62. The van der Waals surface area contributed by atoms with Gasteiger partial charge in [0.1, 0.15) is 5.75 Å². The van der Waals surface area contributed by atoms with Gasteiger partial charge in [0.05, 0.1) is 7.11 Å². The lowest BCUT2D eigenvalue weighted by Gasteiger charge is -2.11.